The molecular weight excluding hydrogens is 268 g/mol. The van der Waals surface area contributed by atoms with Gasteiger partial charge in [-0.25, -0.2) is 0 Å². The molecule has 1 amide bonds. The third-order valence-corrected chi connectivity index (χ3v) is 5.11. The lowest BCUT2D eigenvalue weighted by Gasteiger charge is -2.44. The van der Waals surface area contributed by atoms with E-state index in [-0.39, 0.29) is 23.8 Å². The van der Waals surface area contributed by atoms with Crippen LogP contribution in [0.4, 0.5) is 0 Å². The summed E-state index contributed by atoms with van der Waals surface area (Å²) < 4.78 is 0. The highest BCUT2D eigenvalue weighted by atomic mass is 16.4. The number of carbonyl (C=O) groups excluding carboxylic acids is 1. The molecule has 5 heteroatoms. The molecule has 2 rings (SSSR count). The summed E-state index contributed by atoms with van der Waals surface area (Å²) in [5.74, 6) is -0.475. The lowest BCUT2D eigenvalue weighted by atomic mass is 9.78. The number of hydrogen-bond donors (Lipinski definition) is 2. The molecule has 2 fully saturated rings. The van der Waals surface area contributed by atoms with Gasteiger partial charge >= 0.3 is 5.97 Å². The van der Waals surface area contributed by atoms with E-state index in [0.717, 1.165) is 6.54 Å². The zero-order chi connectivity index (χ0) is 15.6. The minimum atomic E-state index is -0.746. The minimum absolute atomic E-state index is 0.0160. The first-order valence-electron chi connectivity index (χ1n) is 8.15. The molecule has 0 aromatic rings. The number of hydrogen-bond acceptors (Lipinski definition) is 3. The molecule has 0 bridgehead atoms. The van der Waals surface area contributed by atoms with E-state index in [1.165, 1.54) is 19.3 Å². The van der Waals surface area contributed by atoms with Crippen LogP contribution in [0.2, 0.25) is 0 Å². The number of nitrogens with zero attached hydrogens (tertiary/aromatic N) is 1. The van der Waals surface area contributed by atoms with Crippen molar-refractivity contribution in [3.05, 3.63) is 0 Å². The van der Waals surface area contributed by atoms with Crippen molar-refractivity contribution in [3.8, 4) is 0 Å². The van der Waals surface area contributed by atoms with Crippen molar-refractivity contribution in [2.75, 3.05) is 13.1 Å². The zero-order valence-corrected chi connectivity index (χ0v) is 13.3. The topological polar surface area (TPSA) is 69.6 Å². The van der Waals surface area contributed by atoms with E-state index in [9.17, 15) is 14.7 Å². The van der Waals surface area contributed by atoms with Crippen molar-refractivity contribution in [2.24, 2.45) is 17.8 Å². The number of carboxylic acid groups (broad SMARTS) is 1. The van der Waals surface area contributed by atoms with Crippen LogP contribution < -0.4 is 5.32 Å². The maximum atomic E-state index is 11.9. The second kappa shape index (κ2) is 6.77. The smallest absolute Gasteiger partial charge is 0.307 e. The molecule has 2 aliphatic rings. The largest absolute Gasteiger partial charge is 0.481 e. The first-order valence-corrected chi connectivity index (χ1v) is 8.15. The average Bonchev–Trinajstić information content (AvgIpc) is 2.35. The van der Waals surface area contributed by atoms with E-state index in [1.807, 2.05) is 13.8 Å². The van der Waals surface area contributed by atoms with Crippen LogP contribution in [0.15, 0.2) is 0 Å². The Balaban J connectivity index is 2.00. The molecule has 0 radical (unpaired) electrons. The molecule has 3 unspecified atom stereocenters. The van der Waals surface area contributed by atoms with Gasteiger partial charge < -0.3 is 10.4 Å². The summed E-state index contributed by atoms with van der Waals surface area (Å²) in [6.45, 7) is 7.32. The van der Waals surface area contributed by atoms with Gasteiger partial charge in [0.2, 0.25) is 5.91 Å². The van der Waals surface area contributed by atoms with Crippen molar-refractivity contribution < 1.29 is 14.7 Å². The van der Waals surface area contributed by atoms with E-state index in [2.05, 4.69) is 17.1 Å². The molecule has 3 atom stereocenters. The average molecular weight is 296 g/mol. The quantitative estimate of drug-likeness (QED) is 0.810. The van der Waals surface area contributed by atoms with Gasteiger partial charge in [0.05, 0.1) is 5.92 Å². The zero-order valence-electron chi connectivity index (χ0n) is 13.3. The van der Waals surface area contributed by atoms with Crippen molar-refractivity contribution in [2.45, 2.75) is 58.5 Å². The Morgan fingerprint density at radius 1 is 1.19 bits per heavy atom. The van der Waals surface area contributed by atoms with Crippen LogP contribution in [-0.2, 0) is 9.59 Å². The molecule has 0 aromatic carbocycles. The van der Waals surface area contributed by atoms with Crippen molar-refractivity contribution in [1.82, 2.24) is 10.2 Å². The third kappa shape index (κ3) is 3.96. The second-order valence-corrected chi connectivity index (χ2v) is 7.02. The fourth-order valence-electron chi connectivity index (χ4n) is 3.34. The summed E-state index contributed by atoms with van der Waals surface area (Å²) in [7, 11) is 0. The summed E-state index contributed by atoms with van der Waals surface area (Å²) in [5, 5.41) is 12.4. The Morgan fingerprint density at radius 3 is 2.33 bits per heavy atom. The van der Waals surface area contributed by atoms with Crippen LogP contribution in [0.3, 0.4) is 0 Å². The molecule has 120 valence electrons. The molecule has 0 spiro atoms. The van der Waals surface area contributed by atoms with Gasteiger partial charge in [-0.1, -0.05) is 20.3 Å². The number of likely N-dealkylation sites (tertiary alicyclic amines) is 1. The summed E-state index contributed by atoms with van der Waals surface area (Å²) in [4.78, 5) is 25.6. The molecule has 1 aliphatic heterocycles. The van der Waals surface area contributed by atoms with Gasteiger partial charge in [-0.05, 0) is 32.1 Å². The standard InChI is InChI=1S/C16H28N2O3/c1-10(2)15(19)17-14-7-13(16(20)21)8-18(9-14)11(3)12-5-4-6-12/h10-14H,4-9H2,1-3H3,(H,17,19)(H,20,21). The first-order chi connectivity index (χ1) is 9.88. The van der Waals surface area contributed by atoms with Crippen molar-refractivity contribution >= 4 is 11.9 Å². The van der Waals surface area contributed by atoms with Crippen LogP contribution in [0.5, 0.6) is 0 Å². The molecule has 0 aromatic heterocycles. The molecule has 21 heavy (non-hydrogen) atoms. The van der Waals surface area contributed by atoms with Gasteiger partial charge in [0.1, 0.15) is 0 Å². The Hall–Kier alpha value is -1.10. The third-order valence-electron chi connectivity index (χ3n) is 5.11. The van der Waals surface area contributed by atoms with Gasteiger partial charge in [0, 0.05) is 31.1 Å². The molecule has 1 heterocycles. The Bertz CT molecular complexity index is 393. The van der Waals surface area contributed by atoms with Gasteiger partial charge in [0.15, 0.2) is 0 Å². The number of amides is 1. The van der Waals surface area contributed by atoms with Crippen LogP contribution in [0, 0.1) is 17.8 Å². The molecule has 2 N–H and O–H groups in total. The maximum absolute atomic E-state index is 11.9. The SMILES string of the molecule is CC(C)C(=O)NC1CC(C(=O)O)CN(C(C)C2CCC2)C1. The van der Waals surface area contributed by atoms with Gasteiger partial charge in [-0.2, -0.15) is 0 Å². The van der Waals surface area contributed by atoms with Gasteiger partial charge in [-0.15, -0.1) is 0 Å². The van der Waals surface area contributed by atoms with Crippen LogP contribution in [-0.4, -0.2) is 47.1 Å². The van der Waals surface area contributed by atoms with Crippen LogP contribution in [0.25, 0.3) is 0 Å². The second-order valence-electron chi connectivity index (χ2n) is 7.02. The molecule has 1 saturated heterocycles. The highest BCUT2D eigenvalue weighted by molar-refractivity contribution is 5.78. The van der Waals surface area contributed by atoms with Crippen molar-refractivity contribution in [3.63, 3.8) is 0 Å². The number of rotatable bonds is 5. The predicted octanol–water partition coefficient (Wildman–Crippen LogP) is 1.72. The van der Waals surface area contributed by atoms with Crippen LogP contribution >= 0.6 is 0 Å². The fraction of sp³-hybridized carbons (Fsp3) is 0.875. The van der Waals surface area contributed by atoms with E-state index >= 15 is 0 Å². The number of aliphatic carboxylic acids is 1. The first kappa shape index (κ1) is 16.3. The summed E-state index contributed by atoms with van der Waals surface area (Å²) in [6.07, 6.45) is 4.33. The minimum Gasteiger partial charge on any atom is -0.481 e. The normalized spacial score (nSPS) is 29.0. The number of carboxylic acids is 1. The molecule has 1 aliphatic carbocycles. The van der Waals surface area contributed by atoms with Crippen molar-refractivity contribution in [1.29, 1.82) is 0 Å². The summed E-state index contributed by atoms with van der Waals surface area (Å²) >= 11 is 0. The predicted molar refractivity (Wildman–Crippen MR) is 80.9 cm³/mol. The molecule has 5 nitrogen and oxygen atoms in total. The summed E-state index contributed by atoms with van der Waals surface area (Å²) in [5.41, 5.74) is 0. The highest BCUT2D eigenvalue weighted by Crippen LogP contribution is 2.33. The van der Waals surface area contributed by atoms with E-state index in [4.69, 9.17) is 0 Å². The maximum Gasteiger partial charge on any atom is 0.307 e. The number of carbonyl (C=O) groups is 2. The Labute approximate surface area is 127 Å². The Kier molecular flexibility index (Phi) is 5.25. The summed E-state index contributed by atoms with van der Waals surface area (Å²) in [6, 6.07) is 0.372. The van der Waals surface area contributed by atoms with E-state index in [0.29, 0.717) is 24.9 Å². The van der Waals surface area contributed by atoms with Gasteiger partial charge in [0.25, 0.3) is 0 Å². The Morgan fingerprint density at radius 2 is 1.86 bits per heavy atom. The molecule has 1 saturated carbocycles. The number of piperidine rings is 1. The lowest BCUT2D eigenvalue weighted by molar-refractivity contribution is -0.145. The fourth-order valence-corrected chi connectivity index (χ4v) is 3.34. The van der Waals surface area contributed by atoms with E-state index < -0.39 is 5.97 Å². The van der Waals surface area contributed by atoms with Crippen LogP contribution in [0.1, 0.15) is 46.5 Å². The van der Waals surface area contributed by atoms with Gasteiger partial charge in [-0.3, -0.25) is 14.5 Å². The monoisotopic (exact) mass is 296 g/mol. The van der Waals surface area contributed by atoms with E-state index in [1.54, 1.807) is 0 Å². The lowest BCUT2D eigenvalue weighted by Crippen LogP contribution is -2.56. The highest BCUT2D eigenvalue weighted by Gasteiger charge is 2.37. The number of nitrogens with one attached hydrogen (secondary N) is 1. The molecular formula is C16H28N2O3.